The van der Waals surface area contributed by atoms with E-state index >= 15 is 0 Å². The molecule has 3 rings (SSSR count). The molecule has 1 N–H and O–H groups in total. The van der Waals surface area contributed by atoms with Crippen LogP contribution in [0.25, 0.3) is 5.65 Å². The average molecular weight is 343 g/mol. The zero-order valence-electron chi connectivity index (χ0n) is 14.0. The maximum absolute atomic E-state index is 13.1. The van der Waals surface area contributed by atoms with Crippen LogP contribution in [-0.2, 0) is 6.18 Å². The smallest absolute Gasteiger partial charge is 0.392 e. The van der Waals surface area contributed by atoms with Crippen molar-refractivity contribution < 1.29 is 18.3 Å². The standard InChI is InChI=1S/C15H20F3N5O/c1-8-9(2)12(22-6-5-10(24)14(3,4)7-22)21-23-11(8)19-20-13(23)15(16,17)18/h10,24H,5-7H2,1-4H3. The van der Waals surface area contributed by atoms with Crippen molar-refractivity contribution in [2.75, 3.05) is 18.0 Å². The van der Waals surface area contributed by atoms with E-state index in [9.17, 15) is 18.3 Å². The van der Waals surface area contributed by atoms with Crippen LogP contribution < -0.4 is 4.90 Å². The Labute approximate surface area is 137 Å². The van der Waals surface area contributed by atoms with Gasteiger partial charge in [-0.05, 0) is 20.3 Å². The van der Waals surface area contributed by atoms with E-state index < -0.39 is 18.1 Å². The van der Waals surface area contributed by atoms with Crippen LogP contribution in [0.2, 0.25) is 0 Å². The fourth-order valence-electron chi connectivity index (χ4n) is 3.12. The van der Waals surface area contributed by atoms with Crippen molar-refractivity contribution in [3.8, 4) is 0 Å². The number of aliphatic hydroxyl groups is 1. The van der Waals surface area contributed by atoms with E-state index in [1.807, 2.05) is 25.7 Å². The number of hydrogen-bond donors (Lipinski definition) is 1. The van der Waals surface area contributed by atoms with Crippen molar-refractivity contribution in [1.82, 2.24) is 19.8 Å². The van der Waals surface area contributed by atoms with E-state index in [-0.39, 0.29) is 11.1 Å². The number of alkyl halides is 3. The number of anilines is 1. The summed E-state index contributed by atoms with van der Waals surface area (Å²) in [5, 5.41) is 21.2. The second kappa shape index (κ2) is 5.30. The van der Waals surface area contributed by atoms with Gasteiger partial charge in [0.05, 0.1) is 6.10 Å². The summed E-state index contributed by atoms with van der Waals surface area (Å²) in [6.45, 7) is 8.45. The third-order valence-electron chi connectivity index (χ3n) is 4.79. The Hall–Kier alpha value is -1.90. The molecule has 1 atom stereocenters. The Bertz CT molecular complexity index is 783. The first-order chi connectivity index (χ1) is 11.0. The van der Waals surface area contributed by atoms with Gasteiger partial charge in [0.25, 0.3) is 5.82 Å². The van der Waals surface area contributed by atoms with E-state index in [1.54, 1.807) is 6.92 Å². The van der Waals surface area contributed by atoms with Gasteiger partial charge in [-0.15, -0.1) is 15.3 Å². The topological polar surface area (TPSA) is 66.5 Å². The van der Waals surface area contributed by atoms with Crippen LogP contribution in [0, 0.1) is 19.3 Å². The molecule has 1 aliphatic heterocycles. The van der Waals surface area contributed by atoms with Gasteiger partial charge < -0.3 is 10.0 Å². The molecule has 0 amide bonds. The Morgan fingerprint density at radius 1 is 1.17 bits per heavy atom. The van der Waals surface area contributed by atoms with Crippen molar-refractivity contribution in [3.63, 3.8) is 0 Å². The highest BCUT2D eigenvalue weighted by atomic mass is 19.4. The molecule has 2 aromatic heterocycles. The molecule has 3 heterocycles. The second-order valence-electron chi connectivity index (χ2n) is 7.04. The number of aromatic nitrogens is 4. The van der Waals surface area contributed by atoms with Gasteiger partial charge in [0.2, 0.25) is 0 Å². The molecule has 132 valence electrons. The highest BCUT2D eigenvalue weighted by molar-refractivity contribution is 5.59. The lowest BCUT2D eigenvalue weighted by Crippen LogP contribution is -2.49. The summed E-state index contributed by atoms with van der Waals surface area (Å²) in [6, 6.07) is 0. The van der Waals surface area contributed by atoms with E-state index in [0.717, 1.165) is 10.1 Å². The first-order valence-electron chi connectivity index (χ1n) is 7.75. The molecule has 0 spiro atoms. The number of hydrogen-bond acceptors (Lipinski definition) is 5. The van der Waals surface area contributed by atoms with Crippen LogP contribution in [0.4, 0.5) is 19.0 Å². The molecule has 9 heteroatoms. The molecule has 1 unspecified atom stereocenters. The number of halogens is 3. The Morgan fingerprint density at radius 2 is 1.83 bits per heavy atom. The Kier molecular flexibility index (Phi) is 3.74. The molecule has 6 nitrogen and oxygen atoms in total. The van der Waals surface area contributed by atoms with Crippen LogP contribution in [0.15, 0.2) is 0 Å². The van der Waals surface area contributed by atoms with E-state index in [2.05, 4.69) is 15.3 Å². The number of nitrogens with zero attached hydrogens (tertiary/aromatic N) is 5. The van der Waals surface area contributed by atoms with Crippen molar-refractivity contribution in [1.29, 1.82) is 0 Å². The van der Waals surface area contributed by atoms with Gasteiger partial charge in [0.15, 0.2) is 11.5 Å². The maximum Gasteiger partial charge on any atom is 0.453 e. The number of piperidine rings is 1. The molecule has 0 saturated carbocycles. The highest BCUT2D eigenvalue weighted by Crippen LogP contribution is 2.35. The van der Waals surface area contributed by atoms with Crippen molar-refractivity contribution in [3.05, 3.63) is 17.0 Å². The minimum Gasteiger partial charge on any atom is -0.392 e. The Balaban J connectivity index is 2.13. The van der Waals surface area contributed by atoms with Crippen LogP contribution in [-0.4, -0.2) is 44.1 Å². The third kappa shape index (κ3) is 2.60. The number of fused-ring (bicyclic) bond motifs is 1. The van der Waals surface area contributed by atoms with Gasteiger partial charge in [0.1, 0.15) is 0 Å². The molecule has 1 aliphatic rings. The third-order valence-corrected chi connectivity index (χ3v) is 4.79. The monoisotopic (exact) mass is 343 g/mol. The van der Waals surface area contributed by atoms with Gasteiger partial charge >= 0.3 is 6.18 Å². The summed E-state index contributed by atoms with van der Waals surface area (Å²) in [5.41, 5.74) is 1.14. The molecule has 1 saturated heterocycles. The molecule has 1 fully saturated rings. The summed E-state index contributed by atoms with van der Waals surface area (Å²) in [7, 11) is 0. The van der Waals surface area contributed by atoms with Crippen LogP contribution in [0.5, 0.6) is 0 Å². The van der Waals surface area contributed by atoms with Crippen molar-refractivity contribution in [2.24, 2.45) is 5.41 Å². The summed E-state index contributed by atoms with van der Waals surface area (Å²) in [5.74, 6) is -0.650. The molecule has 24 heavy (non-hydrogen) atoms. The average Bonchev–Trinajstić information content (AvgIpc) is 2.90. The molecule has 0 radical (unpaired) electrons. The SMILES string of the molecule is Cc1c(N2CCC(O)C(C)(C)C2)nn2c(C(F)(F)F)nnc2c1C. The van der Waals surface area contributed by atoms with Gasteiger partial charge in [0, 0.05) is 29.6 Å². The zero-order valence-corrected chi connectivity index (χ0v) is 14.0. The van der Waals surface area contributed by atoms with Gasteiger partial charge in [-0.25, -0.2) is 0 Å². The number of aliphatic hydroxyl groups excluding tert-OH is 1. The van der Waals surface area contributed by atoms with E-state index in [0.29, 0.717) is 30.9 Å². The lowest BCUT2D eigenvalue weighted by molar-refractivity contribution is -0.146. The summed E-state index contributed by atoms with van der Waals surface area (Å²) in [6.07, 6.45) is -4.53. The summed E-state index contributed by atoms with van der Waals surface area (Å²) >= 11 is 0. The molecular weight excluding hydrogens is 323 g/mol. The van der Waals surface area contributed by atoms with Crippen molar-refractivity contribution >= 4 is 11.5 Å². The normalized spacial score (nSPS) is 21.5. The van der Waals surface area contributed by atoms with Gasteiger partial charge in [-0.3, -0.25) is 0 Å². The van der Waals surface area contributed by atoms with Gasteiger partial charge in [-0.1, -0.05) is 13.8 Å². The maximum atomic E-state index is 13.1. The van der Waals surface area contributed by atoms with Crippen LogP contribution >= 0.6 is 0 Å². The van der Waals surface area contributed by atoms with E-state index in [1.165, 1.54) is 0 Å². The lowest BCUT2D eigenvalue weighted by Gasteiger charge is -2.42. The minimum atomic E-state index is -4.62. The molecule has 2 aromatic rings. The molecule has 0 bridgehead atoms. The van der Waals surface area contributed by atoms with Crippen LogP contribution in [0.1, 0.15) is 37.2 Å². The van der Waals surface area contributed by atoms with Gasteiger partial charge in [-0.2, -0.15) is 17.7 Å². The van der Waals surface area contributed by atoms with Crippen LogP contribution in [0.3, 0.4) is 0 Å². The number of aryl methyl sites for hydroxylation is 1. The predicted octanol–water partition coefficient (Wildman–Crippen LogP) is 2.36. The quantitative estimate of drug-likeness (QED) is 0.861. The zero-order chi connectivity index (χ0) is 17.9. The largest absolute Gasteiger partial charge is 0.453 e. The first kappa shape index (κ1) is 16.9. The lowest BCUT2D eigenvalue weighted by atomic mass is 9.81. The Morgan fingerprint density at radius 3 is 2.42 bits per heavy atom. The summed E-state index contributed by atoms with van der Waals surface area (Å²) in [4.78, 5) is 1.93. The highest BCUT2D eigenvalue weighted by Gasteiger charge is 2.39. The number of rotatable bonds is 1. The van der Waals surface area contributed by atoms with Crippen molar-refractivity contribution in [2.45, 2.75) is 46.4 Å². The predicted molar refractivity (Wildman–Crippen MR) is 81.9 cm³/mol. The first-order valence-corrected chi connectivity index (χ1v) is 7.75. The molecular formula is C15H20F3N5O. The fraction of sp³-hybridized carbons (Fsp3) is 0.667. The summed E-state index contributed by atoms with van der Waals surface area (Å²) < 4.78 is 40.1. The molecule has 0 aliphatic carbocycles. The molecule has 0 aromatic carbocycles. The van der Waals surface area contributed by atoms with E-state index in [4.69, 9.17) is 0 Å². The second-order valence-corrected chi connectivity index (χ2v) is 7.04. The minimum absolute atomic E-state index is 0.111. The fourth-order valence-corrected chi connectivity index (χ4v) is 3.12.